The fourth-order valence-electron chi connectivity index (χ4n) is 9.84. The summed E-state index contributed by atoms with van der Waals surface area (Å²) in [6.07, 6.45) is 18.0. The molecule has 0 aliphatic carbocycles. The van der Waals surface area contributed by atoms with Crippen molar-refractivity contribution in [3.8, 4) is 11.6 Å². The summed E-state index contributed by atoms with van der Waals surface area (Å²) in [4.78, 5) is 65.3. The lowest BCUT2D eigenvalue weighted by Gasteiger charge is -2.21. The van der Waals surface area contributed by atoms with Crippen molar-refractivity contribution in [3.05, 3.63) is 161 Å². The Labute approximate surface area is 538 Å². The highest BCUT2D eigenvalue weighted by atomic mass is 19.3. The maximum atomic E-state index is 13.0. The zero-order valence-electron chi connectivity index (χ0n) is 52.4. The second-order valence-corrected chi connectivity index (χ2v) is 21.4. The minimum absolute atomic E-state index is 0.101. The molecule has 7 rings (SSSR count). The van der Waals surface area contributed by atoms with Gasteiger partial charge in [0.05, 0.1) is 84.5 Å². The summed E-state index contributed by atoms with van der Waals surface area (Å²) in [5.74, 6) is -1.69. The van der Waals surface area contributed by atoms with Crippen molar-refractivity contribution in [1.82, 2.24) is 40.9 Å². The molecule has 5 aromatic rings. The van der Waals surface area contributed by atoms with Crippen LogP contribution in [0.2, 0.25) is 0 Å². The minimum atomic E-state index is -2.90. The van der Waals surface area contributed by atoms with Gasteiger partial charge in [0, 0.05) is 80.5 Å². The zero-order valence-corrected chi connectivity index (χ0v) is 52.4. The number of nitrogen functional groups attached to an aromatic ring is 1. The number of nitrogens with zero attached hydrogens (tertiary/aromatic N) is 8. The molecule has 2 aliphatic heterocycles. The standard InChI is InChI=1S/C66H82F2N14O11/c1-4-47(13-19-52-37-44(2)55(45(3)76-52)38-49-11-5-6-12-57(49)93-65(67)68)50-16-21-58(74-39-50)82-26-7-9-46(23-27-82)10-8-28-88-29-24-71-40-54(81-70)43-92-36-35-91-34-33-90-32-31-89-30-25-72-59(83)22-20-56(64(86)87)78-62(84)48-14-17-51(18-15-48)73-41-53-42-75-61-60(77-53)63(85)80-66(69)79-61/h4-6,10-19,21,39-40,42,56,65,70-71,73H,2,7-9,20,22-38,41,43H2,1,3H3,(H,72,83)(H,78,84)(H,86,87)(H3,69,75,79,80,85)/b19-13-,46-10-,47-4+,54-40-,81-70?/t56-/m0/s1. The van der Waals surface area contributed by atoms with Gasteiger partial charge in [-0.1, -0.05) is 48.6 Å². The molecular formula is C66H82F2N14O11. The number of allylic oxidation sites excluding steroid dienone is 7. The molecule has 25 nitrogen and oxygen atoms in total. The van der Waals surface area contributed by atoms with Crippen molar-refractivity contribution < 1.29 is 61.8 Å². The minimum Gasteiger partial charge on any atom is -0.492 e. The lowest BCUT2D eigenvalue weighted by molar-refractivity contribution is -0.139. The number of pyridine rings is 1. The van der Waals surface area contributed by atoms with Crippen LogP contribution in [0.5, 0.6) is 11.6 Å². The summed E-state index contributed by atoms with van der Waals surface area (Å²) in [7, 11) is 0. The van der Waals surface area contributed by atoms with Gasteiger partial charge >= 0.3 is 12.6 Å². The monoisotopic (exact) mass is 1280 g/mol. The molecule has 1 saturated heterocycles. The van der Waals surface area contributed by atoms with E-state index in [4.69, 9.17) is 49.7 Å². The number of alkyl halides is 2. The van der Waals surface area contributed by atoms with Gasteiger partial charge in [-0.15, -0.1) is 0 Å². The molecule has 0 radical (unpaired) electrons. The highest BCUT2D eigenvalue weighted by molar-refractivity contribution is 6.01. The molecule has 3 aromatic heterocycles. The molecule has 2 amide bonds. The largest absolute Gasteiger partial charge is 0.492 e. The SMILES string of the molecule is C=C1CC(/C=C\C(=C/C)c2ccc(N3CCC/C(=C/CCOCCN/C=C(/COCCOCCOCCOCCNC(=O)CC[C@H](NC(=O)c4ccc(NCc5cnc6nc(N)nc(O)c6n5)cc4)C(=O)O)N=N)CC3)nc2)=NC(C)=C1Cc1ccccc1OC(F)F. The third kappa shape index (κ3) is 24.3. The molecule has 5 heterocycles. The fraction of sp³-hybridized carbons (Fsp3) is 0.409. The Morgan fingerprint density at radius 1 is 0.871 bits per heavy atom. The highest BCUT2D eigenvalue weighted by Crippen LogP contribution is 2.32. The van der Waals surface area contributed by atoms with E-state index in [9.17, 15) is 33.4 Å². The maximum absolute atomic E-state index is 13.0. The number of carboxylic acid groups (broad SMARTS) is 1. The number of carboxylic acids is 1. The van der Waals surface area contributed by atoms with E-state index in [2.05, 4.69) is 76.0 Å². The number of ether oxygens (including phenoxy) is 6. The summed E-state index contributed by atoms with van der Waals surface area (Å²) in [5.41, 5.74) is 22.6. The van der Waals surface area contributed by atoms with Crippen LogP contribution in [-0.4, -0.2) is 164 Å². The first kappa shape index (κ1) is 71.0. The number of carbonyl (C=O) groups excluding carboxylic acids is 2. The van der Waals surface area contributed by atoms with E-state index >= 15 is 0 Å². The van der Waals surface area contributed by atoms with Gasteiger partial charge in [-0.05, 0) is 122 Å². The number of halogens is 2. The van der Waals surface area contributed by atoms with E-state index < -0.39 is 30.4 Å². The molecule has 27 heteroatoms. The summed E-state index contributed by atoms with van der Waals surface area (Å²) >= 11 is 0. The number of rotatable bonds is 39. The number of amides is 2. The number of aromatic hydroxyl groups is 1. The quantitative estimate of drug-likeness (QED) is 0.00788. The predicted octanol–water partition coefficient (Wildman–Crippen LogP) is 8.82. The maximum Gasteiger partial charge on any atom is 0.387 e. The molecule has 0 saturated carbocycles. The molecule has 0 spiro atoms. The van der Waals surface area contributed by atoms with Crippen molar-refractivity contribution >= 4 is 57.7 Å². The summed E-state index contributed by atoms with van der Waals surface area (Å²) in [5, 5.41) is 34.7. The lowest BCUT2D eigenvalue weighted by Crippen LogP contribution is -2.41. The molecule has 1 fully saturated rings. The first-order chi connectivity index (χ1) is 45.2. The molecule has 2 aromatic carbocycles. The van der Waals surface area contributed by atoms with Gasteiger partial charge in [0.25, 0.3) is 5.91 Å². The van der Waals surface area contributed by atoms with Crippen LogP contribution in [0.3, 0.4) is 0 Å². The van der Waals surface area contributed by atoms with E-state index in [1.54, 1.807) is 42.6 Å². The molecule has 1 atom stereocenters. The number of hydrogen-bond acceptors (Lipinski definition) is 22. The van der Waals surface area contributed by atoms with Gasteiger partial charge in [0.15, 0.2) is 11.2 Å². The molecule has 496 valence electrons. The fourth-order valence-corrected chi connectivity index (χ4v) is 9.84. The van der Waals surface area contributed by atoms with Crippen LogP contribution in [0, 0.1) is 5.53 Å². The second kappa shape index (κ2) is 38.4. The van der Waals surface area contributed by atoms with Crippen LogP contribution in [-0.2, 0) is 46.2 Å². The molecular weight excluding hydrogens is 1200 g/mol. The smallest absolute Gasteiger partial charge is 0.387 e. The molecule has 0 bridgehead atoms. The van der Waals surface area contributed by atoms with E-state index in [-0.39, 0.29) is 80.1 Å². The van der Waals surface area contributed by atoms with Gasteiger partial charge in [-0.25, -0.2) is 25.3 Å². The average molecular weight is 1290 g/mol. The van der Waals surface area contributed by atoms with Crippen molar-refractivity contribution in [3.63, 3.8) is 0 Å². The third-order valence-electron chi connectivity index (χ3n) is 14.7. The topological polar surface area (TPSA) is 337 Å². The number of nitrogens with two attached hydrogens (primary N) is 1. The number of nitrogens with one attached hydrogen (secondary N) is 5. The number of fused-ring (bicyclic) bond motifs is 1. The number of hydrogen-bond donors (Lipinski definition) is 8. The Morgan fingerprint density at radius 3 is 2.32 bits per heavy atom. The molecule has 0 unspecified atom stereocenters. The van der Waals surface area contributed by atoms with Crippen molar-refractivity contribution in [2.24, 2.45) is 10.1 Å². The van der Waals surface area contributed by atoms with E-state index in [0.29, 0.717) is 88.3 Å². The summed E-state index contributed by atoms with van der Waals surface area (Å²) in [6, 6.07) is 16.0. The number of carbonyl (C=O) groups is 3. The van der Waals surface area contributed by atoms with Crippen LogP contribution in [0.15, 0.2) is 148 Å². The molecule has 93 heavy (non-hydrogen) atoms. The average Bonchev–Trinajstić information content (AvgIpc) is 1.13. The van der Waals surface area contributed by atoms with E-state index in [0.717, 1.165) is 78.3 Å². The van der Waals surface area contributed by atoms with Crippen LogP contribution >= 0.6 is 0 Å². The Hall–Kier alpha value is -9.41. The Morgan fingerprint density at radius 2 is 1.60 bits per heavy atom. The Bertz CT molecular complexity index is 3490. The van der Waals surface area contributed by atoms with Gasteiger partial charge in [-0.2, -0.15) is 23.9 Å². The van der Waals surface area contributed by atoms with Crippen LogP contribution in [0.25, 0.3) is 16.7 Å². The number of anilines is 3. The summed E-state index contributed by atoms with van der Waals surface area (Å²) in [6.45, 7) is 11.4. The highest BCUT2D eigenvalue weighted by Gasteiger charge is 2.23. The number of aliphatic imine (C=N–C) groups is 1. The second-order valence-electron chi connectivity index (χ2n) is 21.4. The molecule has 2 aliphatic rings. The number of aromatic nitrogens is 5. The first-order valence-corrected chi connectivity index (χ1v) is 30.7. The van der Waals surface area contributed by atoms with Gasteiger partial charge < -0.3 is 70.5 Å². The predicted molar refractivity (Wildman–Crippen MR) is 348 cm³/mol. The number of para-hydroxylation sites is 1. The zero-order chi connectivity index (χ0) is 66.2. The van der Waals surface area contributed by atoms with Crippen molar-refractivity contribution in [1.29, 1.82) is 5.53 Å². The van der Waals surface area contributed by atoms with E-state index in [1.807, 2.05) is 38.3 Å². The van der Waals surface area contributed by atoms with Crippen LogP contribution < -0.4 is 36.6 Å². The summed E-state index contributed by atoms with van der Waals surface area (Å²) < 4.78 is 58.8. The third-order valence-corrected chi connectivity index (χ3v) is 14.7. The van der Waals surface area contributed by atoms with Crippen molar-refractivity contribution in [2.75, 3.05) is 108 Å². The van der Waals surface area contributed by atoms with Gasteiger partial charge in [0.1, 0.15) is 23.3 Å². The van der Waals surface area contributed by atoms with E-state index in [1.165, 1.54) is 23.9 Å². The Balaban J connectivity index is 0.654. The van der Waals surface area contributed by atoms with Crippen LogP contribution in [0.1, 0.15) is 86.0 Å². The normalized spacial score (nSPS) is 14.8. The first-order valence-electron chi connectivity index (χ1n) is 30.7. The van der Waals surface area contributed by atoms with Gasteiger partial charge in [0.2, 0.25) is 17.7 Å². The van der Waals surface area contributed by atoms with Crippen molar-refractivity contribution in [2.45, 2.75) is 84.4 Å². The van der Waals surface area contributed by atoms with Crippen LogP contribution in [0.4, 0.5) is 26.2 Å². The number of benzene rings is 2. The number of aliphatic carboxylic acids is 1. The molecule has 9 N–H and O–H groups in total. The Kier molecular flexibility index (Phi) is 29.4. The van der Waals surface area contributed by atoms with Gasteiger partial charge in [-0.3, -0.25) is 14.6 Å². The lowest BCUT2D eigenvalue weighted by atomic mass is 9.91.